The van der Waals surface area contributed by atoms with Crippen LogP contribution in [0.2, 0.25) is 0 Å². The number of nitrogens with one attached hydrogen (secondary N) is 3. The lowest BCUT2D eigenvalue weighted by molar-refractivity contribution is -0.00915. The van der Waals surface area contributed by atoms with Gasteiger partial charge >= 0.3 is 12.1 Å². The molecule has 1 aromatic rings. The largest absolute Gasteiger partial charge is 0.453 e. The number of amides is 3. The first-order chi connectivity index (χ1) is 17.9. The average Bonchev–Trinajstić information content (AvgIpc) is 2.91. The molecule has 0 spiro atoms. The number of likely N-dealkylation sites (N-methyl/N-ethyl adjacent to an activating group) is 1. The van der Waals surface area contributed by atoms with Gasteiger partial charge in [0.1, 0.15) is 5.82 Å². The zero-order chi connectivity index (χ0) is 26.6. The van der Waals surface area contributed by atoms with Crippen LogP contribution >= 0.6 is 0 Å². The van der Waals surface area contributed by atoms with Crippen LogP contribution in [-0.2, 0) is 9.47 Å². The van der Waals surface area contributed by atoms with Gasteiger partial charge in [-0.1, -0.05) is 38.2 Å². The van der Waals surface area contributed by atoms with Gasteiger partial charge in [-0.2, -0.15) is 0 Å². The summed E-state index contributed by atoms with van der Waals surface area (Å²) in [5.74, 6) is 0.373. The zero-order valence-electron chi connectivity index (χ0n) is 22.7. The molecular formula is C28H45FN4O4. The van der Waals surface area contributed by atoms with E-state index in [1.807, 2.05) is 18.9 Å². The van der Waals surface area contributed by atoms with E-state index < -0.39 is 6.09 Å². The number of likely N-dealkylation sites (tertiary alicyclic amines) is 1. The molecule has 9 heteroatoms. The van der Waals surface area contributed by atoms with Gasteiger partial charge in [-0.3, -0.25) is 0 Å². The number of urea groups is 1. The first kappa shape index (κ1) is 29.2. The fourth-order valence-electron chi connectivity index (χ4n) is 5.78. The number of ether oxygens (including phenoxy) is 2. The zero-order valence-corrected chi connectivity index (χ0v) is 22.7. The Labute approximate surface area is 221 Å². The SMILES string of the molecule is CNC[C@H](CC1CCCCC1)NC(=O)N1CCC[C@@H]([C@@H](OCCNC(=O)OC)c2cc(F)ccc2C)C1. The summed E-state index contributed by atoms with van der Waals surface area (Å²) < 4.78 is 25.1. The number of piperidine rings is 1. The Kier molecular flexibility index (Phi) is 11.9. The Morgan fingerprint density at radius 1 is 1.16 bits per heavy atom. The molecule has 3 rings (SSSR count). The van der Waals surface area contributed by atoms with Gasteiger partial charge in [-0.25, -0.2) is 14.0 Å². The van der Waals surface area contributed by atoms with Crippen LogP contribution in [0.5, 0.6) is 0 Å². The third kappa shape index (κ3) is 9.14. The molecule has 0 radical (unpaired) electrons. The smallest absolute Gasteiger partial charge is 0.406 e. The second-order valence-corrected chi connectivity index (χ2v) is 10.5. The van der Waals surface area contributed by atoms with E-state index in [0.717, 1.165) is 36.9 Å². The lowest BCUT2D eigenvalue weighted by atomic mass is 9.84. The molecule has 208 valence electrons. The molecule has 3 amide bonds. The van der Waals surface area contributed by atoms with E-state index in [4.69, 9.17) is 4.74 Å². The van der Waals surface area contributed by atoms with Crippen LogP contribution in [0.3, 0.4) is 0 Å². The Hall–Kier alpha value is -2.39. The molecular weight excluding hydrogens is 475 g/mol. The summed E-state index contributed by atoms with van der Waals surface area (Å²) in [5, 5.41) is 9.15. The van der Waals surface area contributed by atoms with Crippen LogP contribution in [0.25, 0.3) is 0 Å². The number of carbonyl (C=O) groups is 2. The van der Waals surface area contributed by atoms with E-state index >= 15 is 0 Å². The van der Waals surface area contributed by atoms with E-state index in [1.54, 1.807) is 6.07 Å². The molecule has 1 aromatic carbocycles. The number of hydrogen-bond donors (Lipinski definition) is 3. The van der Waals surface area contributed by atoms with E-state index in [2.05, 4.69) is 20.7 Å². The predicted octanol–water partition coefficient (Wildman–Crippen LogP) is 4.53. The number of benzene rings is 1. The Morgan fingerprint density at radius 3 is 2.68 bits per heavy atom. The number of halogens is 1. The predicted molar refractivity (Wildman–Crippen MR) is 142 cm³/mol. The molecule has 1 aliphatic heterocycles. The van der Waals surface area contributed by atoms with Crippen molar-refractivity contribution in [2.45, 2.75) is 70.4 Å². The van der Waals surface area contributed by atoms with Crippen LogP contribution in [0.1, 0.15) is 68.6 Å². The summed E-state index contributed by atoms with van der Waals surface area (Å²) in [4.78, 5) is 26.6. The molecule has 1 aliphatic carbocycles. The summed E-state index contributed by atoms with van der Waals surface area (Å²) in [6.45, 7) is 4.45. The number of alkyl carbamates (subject to hydrolysis) is 1. The highest BCUT2D eigenvalue weighted by Gasteiger charge is 2.33. The first-order valence-electron chi connectivity index (χ1n) is 13.8. The number of aryl methyl sites for hydroxylation is 1. The van der Waals surface area contributed by atoms with Crippen molar-refractivity contribution in [2.24, 2.45) is 11.8 Å². The lowest BCUT2D eigenvalue weighted by Gasteiger charge is -2.38. The third-order valence-corrected chi connectivity index (χ3v) is 7.70. The fourth-order valence-corrected chi connectivity index (χ4v) is 5.78. The van der Waals surface area contributed by atoms with Crippen molar-refractivity contribution in [3.8, 4) is 0 Å². The topological polar surface area (TPSA) is 91.9 Å². The summed E-state index contributed by atoms with van der Waals surface area (Å²) >= 11 is 0. The van der Waals surface area contributed by atoms with Gasteiger partial charge in [-0.15, -0.1) is 0 Å². The molecule has 2 fully saturated rings. The number of nitrogens with zero attached hydrogens (tertiary/aromatic N) is 1. The van der Waals surface area contributed by atoms with Crippen LogP contribution in [-0.4, -0.2) is 70.0 Å². The first-order valence-corrected chi connectivity index (χ1v) is 13.8. The molecule has 2 aliphatic rings. The summed E-state index contributed by atoms with van der Waals surface area (Å²) in [6.07, 6.45) is 8.21. The van der Waals surface area contributed by atoms with Crippen molar-refractivity contribution in [3.63, 3.8) is 0 Å². The maximum atomic E-state index is 14.2. The maximum absolute atomic E-state index is 14.2. The number of rotatable bonds is 11. The van der Waals surface area contributed by atoms with Gasteiger partial charge in [0.2, 0.25) is 0 Å². The minimum Gasteiger partial charge on any atom is -0.453 e. The molecule has 37 heavy (non-hydrogen) atoms. The minimum atomic E-state index is -0.521. The summed E-state index contributed by atoms with van der Waals surface area (Å²) in [5.41, 5.74) is 1.73. The van der Waals surface area contributed by atoms with Crippen LogP contribution < -0.4 is 16.0 Å². The molecule has 0 unspecified atom stereocenters. The van der Waals surface area contributed by atoms with Gasteiger partial charge < -0.3 is 30.3 Å². The van der Waals surface area contributed by atoms with E-state index in [9.17, 15) is 14.0 Å². The Balaban J connectivity index is 1.66. The van der Waals surface area contributed by atoms with Crippen molar-refractivity contribution >= 4 is 12.1 Å². The average molecular weight is 521 g/mol. The van der Waals surface area contributed by atoms with Crippen molar-refractivity contribution in [1.82, 2.24) is 20.9 Å². The maximum Gasteiger partial charge on any atom is 0.406 e. The van der Waals surface area contributed by atoms with Crippen molar-refractivity contribution < 1.29 is 23.5 Å². The molecule has 8 nitrogen and oxygen atoms in total. The second kappa shape index (κ2) is 15.1. The molecule has 0 aromatic heterocycles. The van der Waals surface area contributed by atoms with E-state index in [-0.39, 0.29) is 43.1 Å². The van der Waals surface area contributed by atoms with Crippen LogP contribution in [0.15, 0.2) is 18.2 Å². The molecule has 1 heterocycles. The van der Waals surface area contributed by atoms with E-state index in [0.29, 0.717) is 19.0 Å². The molecule has 1 saturated carbocycles. The van der Waals surface area contributed by atoms with Gasteiger partial charge in [0.15, 0.2) is 0 Å². The van der Waals surface area contributed by atoms with Gasteiger partial charge in [0.25, 0.3) is 0 Å². The van der Waals surface area contributed by atoms with Gasteiger partial charge in [0.05, 0.1) is 19.8 Å². The number of methoxy groups -OCH3 is 1. The second-order valence-electron chi connectivity index (χ2n) is 10.5. The van der Waals surface area contributed by atoms with Gasteiger partial charge in [0, 0.05) is 38.1 Å². The van der Waals surface area contributed by atoms with Crippen molar-refractivity contribution in [1.29, 1.82) is 0 Å². The summed E-state index contributed by atoms with van der Waals surface area (Å²) in [7, 11) is 3.24. The third-order valence-electron chi connectivity index (χ3n) is 7.70. The van der Waals surface area contributed by atoms with Gasteiger partial charge in [-0.05, 0) is 62.4 Å². The fraction of sp³-hybridized carbons (Fsp3) is 0.714. The molecule has 3 atom stereocenters. The molecule has 3 N–H and O–H groups in total. The minimum absolute atomic E-state index is 0.0132. The number of hydrogen-bond acceptors (Lipinski definition) is 5. The monoisotopic (exact) mass is 520 g/mol. The Morgan fingerprint density at radius 2 is 1.95 bits per heavy atom. The summed E-state index contributed by atoms with van der Waals surface area (Å²) in [6, 6.07) is 4.80. The number of carbonyl (C=O) groups excluding carboxylic acids is 2. The normalized spacial score (nSPS) is 20.2. The van der Waals surface area contributed by atoms with E-state index in [1.165, 1.54) is 51.3 Å². The van der Waals surface area contributed by atoms with Crippen molar-refractivity contribution in [3.05, 3.63) is 35.1 Å². The Bertz CT molecular complexity index is 865. The quantitative estimate of drug-likeness (QED) is 0.373. The van der Waals surface area contributed by atoms with Crippen LogP contribution in [0.4, 0.5) is 14.0 Å². The highest BCUT2D eigenvalue weighted by atomic mass is 19.1. The highest BCUT2D eigenvalue weighted by Crippen LogP contribution is 2.35. The molecule has 1 saturated heterocycles. The standard InChI is InChI=1S/C28H45FN4O4/c1-20-11-12-23(29)17-25(20)26(37-15-13-31-28(35)36-3)22-10-7-14-33(19-22)27(34)32-24(18-30-2)16-21-8-5-4-6-9-21/h11-12,17,21-22,24,26,30H,4-10,13-16,18-19H2,1-3H3,(H,31,35)(H,32,34)/t22-,24+,26-/m1/s1. The lowest BCUT2D eigenvalue weighted by Crippen LogP contribution is -2.52. The highest BCUT2D eigenvalue weighted by molar-refractivity contribution is 5.74. The molecule has 0 bridgehead atoms. The van der Waals surface area contributed by atoms with Crippen LogP contribution in [0, 0.1) is 24.6 Å². The van der Waals surface area contributed by atoms with Crippen molar-refractivity contribution in [2.75, 3.05) is 46.9 Å².